The summed E-state index contributed by atoms with van der Waals surface area (Å²) in [7, 11) is 0. The van der Waals surface area contributed by atoms with Crippen LogP contribution in [-0.2, 0) is 9.59 Å². The van der Waals surface area contributed by atoms with Crippen LogP contribution in [0.3, 0.4) is 0 Å². The summed E-state index contributed by atoms with van der Waals surface area (Å²) in [6.45, 7) is -0.531. The molecule has 30 heavy (non-hydrogen) atoms. The Labute approximate surface area is 171 Å². The molecule has 0 unspecified atom stereocenters. The van der Waals surface area contributed by atoms with Crippen LogP contribution in [0.5, 0.6) is 17.2 Å². The third kappa shape index (κ3) is 4.33. The van der Waals surface area contributed by atoms with Crippen molar-refractivity contribution < 1.29 is 28.9 Å². The van der Waals surface area contributed by atoms with Gasteiger partial charge < -0.3 is 24.1 Å². The molecule has 0 aromatic heterocycles. The van der Waals surface area contributed by atoms with Crippen molar-refractivity contribution in [1.82, 2.24) is 5.43 Å². The maximum absolute atomic E-state index is 12.4. The van der Waals surface area contributed by atoms with Crippen LogP contribution >= 0.6 is 0 Å². The van der Waals surface area contributed by atoms with Crippen LogP contribution in [0.25, 0.3) is 10.8 Å². The van der Waals surface area contributed by atoms with Crippen molar-refractivity contribution in [2.24, 2.45) is 5.10 Å². The Morgan fingerprint density at radius 2 is 1.80 bits per heavy atom. The number of carboxylic acids is 1. The molecule has 8 heteroatoms. The summed E-state index contributed by atoms with van der Waals surface area (Å²) in [5, 5.41) is 16.5. The lowest BCUT2D eigenvalue weighted by Crippen LogP contribution is -2.42. The topological polar surface area (TPSA) is 109 Å². The lowest BCUT2D eigenvalue weighted by molar-refractivity contribution is -0.307. The quantitative estimate of drug-likeness (QED) is 0.488. The number of hydrogen-bond acceptors (Lipinski definition) is 7. The molecule has 152 valence electrons. The number of carboxylic acid groups (broad SMARTS) is 1. The van der Waals surface area contributed by atoms with Crippen molar-refractivity contribution in [2.75, 3.05) is 13.2 Å². The molecule has 0 spiro atoms. The van der Waals surface area contributed by atoms with Gasteiger partial charge in [0, 0.05) is 5.56 Å². The number of fused-ring (bicyclic) bond motifs is 2. The molecule has 1 atom stereocenters. The summed E-state index contributed by atoms with van der Waals surface area (Å²) in [5.41, 5.74) is 2.90. The largest absolute Gasteiger partial charge is 0.546 e. The zero-order valence-corrected chi connectivity index (χ0v) is 15.7. The van der Waals surface area contributed by atoms with E-state index >= 15 is 0 Å². The molecule has 4 rings (SSSR count). The second kappa shape index (κ2) is 8.52. The minimum Gasteiger partial charge on any atom is -0.546 e. The van der Waals surface area contributed by atoms with E-state index in [2.05, 4.69) is 10.5 Å². The van der Waals surface area contributed by atoms with Gasteiger partial charge in [-0.25, -0.2) is 5.43 Å². The minimum absolute atomic E-state index is 0.0536. The number of hydrogen-bond donors (Lipinski definition) is 1. The number of nitrogens with one attached hydrogen (secondary N) is 1. The number of hydrazone groups is 1. The highest BCUT2D eigenvalue weighted by Gasteiger charge is 2.27. The zero-order valence-electron chi connectivity index (χ0n) is 15.7. The van der Waals surface area contributed by atoms with Crippen molar-refractivity contribution in [3.8, 4) is 17.2 Å². The van der Waals surface area contributed by atoms with E-state index in [-0.39, 0.29) is 6.61 Å². The minimum atomic E-state index is -1.34. The Bertz CT molecular complexity index is 1130. The van der Waals surface area contributed by atoms with Crippen LogP contribution in [0.15, 0.2) is 65.8 Å². The Balaban J connectivity index is 1.41. The molecule has 1 amide bonds. The van der Waals surface area contributed by atoms with E-state index in [1.807, 2.05) is 36.4 Å². The first-order valence-electron chi connectivity index (χ1n) is 9.17. The Hall–Kier alpha value is -4.07. The third-order valence-corrected chi connectivity index (χ3v) is 4.41. The molecule has 0 aliphatic carbocycles. The summed E-state index contributed by atoms with van der Waals surface area (Å²) in [6, 6.07) is 18.2. The van der Waals surface area contributed by atoms with Gasteiger partial charge in [-0.3, -0.25) is 4.79 Å². The number of carbonyl (C=O) groups excluding carboxylic acids is 2. The van der Waals surface area contributed by atoms with Crippen molar-refractivity contribution in [3.63, 3.8) is 0 Å². The number of benzene rings is 3. The number of carbonyl (C=O) groups is 2. The molecule has 0 saturated carbocycles. The molecule has 0 fully saturated rings. The number of nitrogens with zero attached hydrogens (tertiary/aromatic N) is 1. The fourth-order valence-corrected chi connectivity index (χ4v) is 2.98. The summed E-state index contributed by atoms with van der Waals surface area (Å²) < 4.78 is 16.6. The van der Waals surface area contributed by atoms with E-state index < -0.39 is 24.6 Å². The van der Waals surface area contributed by atoms with Gasteiger partial charge in [0.05, 0.1) is 12.2 Å². The monoisotopic (exact) mass is 405 g/mol. The van der Waals surface area contributed by atoms with E-state index in [0.717, 1.165) is 10.8 Å². The van der Waals surface area contributed by atoms with E-state index in [4.69, 9.17) is 14.2 Å². The molecule has 1 N–H and O–H groups in total. The second-order valence-corrected chi connectivity index (χ2v) is 6.50. The molecule has 8 nitrogen and oxygen atoms in total. The second-order valence-electron chi connectivity index (χ2n) is 6.50. The Morgan fingerprint density at radius 3 is 2.57 bits per heavy atom. The van der Waals surface area contributed by atoms with Crippen molar-refractivity contribution in [2.45, 2.75) is 6.10 Å². The number of amides is 1. The van der Waals surface area contributed by atoms with Crippen LogP contribution in [0, 0.1) is 0 Å². The average Bonchev–Trinajstić information content (AvgIpc) is 2.76. The predicted molar refractivity (Wildman–Crippen MR) is 107 cm³/mol. The molecule has 0 saturated heterocycles. The summed E-state index contributed by atoms with van der Waals surface area (Å²) in [6.07, 6.45) is 0.494. The average molecular weight is 405 g/mol. The van der Waals surface area contributed by atoms with Crippen LogP contribution in [-0.4, -0.2) is 37.4 Å². The summed E-state index contributed by atoms with van der Waals surface area (Å²) in [5.74, 6) is -0.432. The van der Waals surface area contributed by atoms with Gasteiger partial charge in [0.2, 0.25) is 6.10 Å². The van der Waals surface area contributed by atoms with Gasteiger partial charge in [0.25, 0.3) is 5.91 Å². The van der Waals surface area contributed by atoms with E-state index in [1.54, 1.807) is 24.3 Å². The normalized spacial score (nSPS) is 15.1. The van der Waals surface area contributed by atoms with Crippen molar-refractivity contribution in [1.29, 1.82) is 0 Å². The molecule has 3 aromatic rings. The lowest BCUT2D eigenvalue weighted by atomic mass is 10.1. The van der Waals surface area contributed by atoms with Crippen LogP contribution in [0.4, 0.5) is 0 Å². The molecular formula is C22H17N2O6-. The highest BCUT2D eigenvalue weighted by Crippen LogP contribution is 2.35. The van der Waals surface area contributed by atoms with Crippen LogP contribution < -0.4 is 24.7 Å². The number of aliphatic carboxylic acids is 1. The molecular weight excluding hydrogens is 388 g/mol. The summed E-state index contributed by atoms with van der Waals surface area (Å²) >= 11 is 0. The maximum atomic E-state index is 12.4. The Kier molecular flexibility index (Phi) is 5.47. The van der Waals surface area contributed by atoms with E-state index in [1.165, 1.54) is 6.21 Å². The highest BCUT2D eigenvalue weighted by molar-refractivity contribution is 5.88. The van der Waals surface area contributed by atoms with Gasteiger partial charge in [-0.15, -0.1) is 0 Å². The molecule has 3 aromatic carbocycles. The zero-order chi connectivity index (χ0) is 20.9. The first-order valence-corrected chi connectivity index (χ1v) is 9.17. The maximum Gasteiger partial charge on any atom is 0.284 e. The van der Waals surface area contributed by atoms with Crippen LogP contribution in [0.1, 0.15) is 5.56 Å². The molecule has 0 bridgehead atoms. The standard InChI is InChI=1S/C22H18N2O6/c25-21(26)13-29-17-8-4-3-7-16(17)11-23-24-22(27)20-12-28-18-9-14-5-1-2-6-15(14)10-19(18)30-20/h1-11,20H,12-13H2,(H,24,27)(H,25,26)/p-1/b23-11+/t20-/m1/s1. The number of ether oxygens (including phenoxy) is 3. The van der Waals surface area contributed by atoms with E-state index in [0.29, 0.717) is 22.8 Å². The van der Waals surface area contributed by atoms with Crippen molar-refractivity contribution in [3.05, 3.63) is 66.2 Å². The SMILES string of the molecule is O=C([O-])COc1ccccc1/C=N/NC(=O)[C@H]1COc2cc3ccccc3cc2O1. The van der Waals surface area contributed by atoms with E-state index in [9.17, 15) is 14.7 Å². The smallest absolute Gasteiger partial charge is 0.284 e. The highest BCUT2D eigenvalue weighted by atomic mass is 16.6. The fraction of sp³-hybridized carbons (Fsp3) is 0.136. The Morgan fingerprint density at radius 1 is 1.10 bits per heavy atom. The van der Waals surface area contributed by atoms with Crippen LogP contribution in [0.2, 0.25) is 0 Å². The van der Waals surface area contributed by atoms with Gasteiger partial charge in [-0.1, -0.05) is 36.4 Å². The fourth-order valence-electron chi connectivity index (χ4n) is 2.98. The molecule has 1 aliphatic heterocycles. The number of para-hydroxylation sites is 1. The van der Waals surface area contributed by atoms with Gasteiger partial charge in [0.1, 0.15) is 19.0 Å². The lowest BCUT2D eigenvalue weighted by Gasteiger charge is -2.25. The van der Waals surface area contributed by atoms with Gasteiger partial charge in [-0.2, -0.15) is 5.10 Å². The molecule has 0 radical (unpaired) electrons. The third-order valence-electron chi connectivity index (χ3n) is 4.41. The predicted octanol–water partition coefficient (Wildman–Crippen LogP) is 1.26. The molecule has 1 aliphatic rings. The molecule has 1 heterocycles. The first-order chi connectivity index (χ1) is 14.6. The van der Waals surface area contributed by atoms with Gasteiger partial charge >= 0.3 is 0 Å². The first kappa shape index (κ1) is 19.3. The van der Waals surface area contributed by atoms with Gasteiger partial charge in [0.15, 0.2) is 11.5 Å². The number of rotatable bonds is 6. The van der Waals surface area contributed by atoms with Crippen molar-refractivity contribution >= 4 is 28.9 Å². The summed E-state index contributed by atoms with van der Waals surface area (Å²) in [4.78, 5) is 23.0. The van der Waals surface area contributed by atoms with Gasteiger partial charge in [-0.05, 0) is 35.0 Å².